The fraction of sp³-hybridized carbons (Fsp3) is 0.400. The highest BCUT2D eigenvalue weighted by molar-refractivity contribution is 6.22. The third-order valence-electron chi connectivity index (χ3n) is 6.29. The second kappa shape index (κ2) is 8.68. The molecule has 0 aromatic heterocycles. The zero-order valence-corrected chi connectivity index (χ0v) is 17.1. The number of benzene rings is 2. The topological polar surface area (TPSA) is 46.5 Å². The third-order valence-corrected chi connectivity index (χ3v) is 6.29. The fourth-order valence-corrected chi connectivity index (χ4v) is 4.65. The Morgan fingerprint density at radius 1 is 0.967 bits per heavy atom. The average Bonchev–Trinajstić information content (AvgIpc) is 2.72. The maximum absolute atomic E-state index is 13.7. The SMILES string of the molecule is Cc1ccc(-c2ccc(F)c(F)c2)cc1C1=C(O)C[C@@H](CC2CCOCC2)CC1=O. The number of Topliss-reactive ketones (excluding diaryl/α,β-unsaturated/α-hetero) is 1. The molecule has 0 spiro atoms. The lowest BCUT2D eigenvalue weighted by molar-refractivity contribution is -0.115. The normalized spacial score (nSPS) is 20.6. The molecule has 0 bridgehead atoms. The standard InChI is InChI=1S/C25H26F2O3/c1-15-2-3-18(19-4-5-21(26)22(27)14-19)13-20(15)25-23(28)11-17(12-24(25)29)10-16-6-8-30-9-7-16/h2-5,13-14,16-17,28H,6-12H2,1H3/t17-/m1/s1. The number of aliphatic hydroxyl groups excluding tert-OH is 1. The Morgan fingerprint density at radius 3 is 2.37 bits per heavy atom. The van der Waals surface area contributed by atoms with Gasteiger partial charge >= 0.3 is 0 Å². The van der Waals surface area contributed by atoms with Gasteiger partial charge in [0.15, 0.2) is 17.4 Å². The van der Waals surface area contributed by atoms with Crippen molar-refractivity contribution in [3.8, 4) is 11.1 Å². The van der Waals surface area contributed by atoms with Crippen molar-refractivity contribution in [1.29, 1.82) is 0 Å². The van der Waals surface area contributed by atoms with Crippen LogP contribution in [0.5, 0.6) is 0 Å². The predicted octanol–water partition coefficient (Wildman–Crippen LogP) is 6.01. The Labute approximate surface area is 175 Å². The number of carbonyl (C=O) groups excluding carboxylic acids is 1. The summed E-state index contributed by atoms with van der Waals surface area (Å²) < 4.78 is 32.4. The molecule has 1 N–H and O–H groups in total. The number of aliphatic hydroxyl groups is 1. The minimum atomic E-state index is -0.915. The number of allylic oxidation sites excluding steroid dienone is 2. The quantitative estimate of drug-likeness (QED) is 0.669. The fourth-order valence-electron chi connectivity index (χ4n) is 4.65. The average molecular weight is 412 g/mol. The van der Waals surface area contributed by atoms with Crippen LogP contribution in [0.2, 0.25) is 0 Å². The molecular formula is C25H26F2O3. The summed E-state index contributed by atoms with van der Waals surface area (Å²) in [5, 5.41) is 10.8. The van der Waals surface area contributed by atoms with E-state index in [2.05, 4.69) is 0 Å². The number of carbonyl (C=O) groups is 1. The molecule has 5 heteroatoms. The van der Waals surface area contributed by atoms with E-state index in [4.69, 9.17) is 4.74 Å². The molecule has 2 aliphatic rings. The van der Waals surface area contributed by atoms with E-state index in [0.29, 0.717) is 41.0 Å². The van der Waals surface area contributed by atoms with Gasteiger partial charge in [0, 0.05) is 26.1 Å². The van der Waals surface area contributed by atoms with E-state index in [1.807, 2.05) is 19.1 Å². The van der Waals surface area contributed by atoms with Crippen molar-refractivity contribution in [2.24, 2.45) is 11.8 Å². The molecule has 0 radical (unpaired) electrons. The lowest BCUT2D eigenvalue weighted by Gasteiger charge is -2.29. The summed E-state index contributed by atoms with van der Waals surface area (Å²) in [6, 6.07) is 9.17. The Kier molecular flexibility index (Phi) is 6.00. The molecule has 4 rings (SSSR count). The highest BCUT2D eigenvalue weighted by Crippen LogP contribution is 2.38. The van der Waals surface area contributed by atoms with Crippen LogP contribution >= 0.6 is 0 Å². The summed E-state index contributed by atoms with van der Waals surface area (Å²) in [7, 11) is 0. The van der Waals surface area contributed by atoms with Gasteiger partial charge in [-0.3, -0.25) is 4.79 Å². The van der Waals surface area contributed by atoms with E-state index in [1.165, 1.54) is 6.07 Å². The molecule has 1 fully saturated rings. The highest BCUT2D eigenvalue weighted by atomic mass is 19.2. The molecule has 1 heterocycles. The second-order valence-corrected chi connectivity index (χ2v) is 8.47. The number of hydrogen-bond donors (Lipinski definition) is 1. The van der Waals surface area contributed by atoms with Crippen LogP contribution in [-0.4, -0.2) is 24.1 Å². The Morgan fingerprint density at radius 2 is 1.67 bits per heavy atom. The second-order valence-electron chi connectivity index (χ2n) is 8.47. The number of ketones is 1. The smallest absolute Gasteiger partial charge is 0.167 e. The van der Waals surface area contributed by atoms with Gasteiger partial charge in [-0.1, -0.05) is 18.2 Å². The van der Waals surface area contributed by atoms with E-state index >= 15 is 0 Å². The van der Waals surface area contributed by atoms with Crippen LogP contribution in [0.25, 0.3) is 16.7 Å². The molecular weight excluding hydrogens is 386 g/mol. The van der Waals surface area contributed by atoms with Crippen molar-refractivity contribution in [3.63, 3.8) is 0 Å². The van der Waals surface area contributed by atoms with Gasteiger partial charge in [-0.05, 0) is 78.5 Å². The summed E-state index contributed by atoms with van der Waals surface area (Å²) in [5.74, 6) is -1.04. The first-order valence-corrected chi connectivity index (χ1v) is 10.5. The number of ether oxygens (including phenoxy) is 1. The summed E-state index contributed by atoms with van der Waals surface area (Å²) in [4.78, 5) is 13.0. The van der Waals surface area contributed by atoms with Gasteiger partial charge < -0.3 is 9.84 Å². The lowest BCUT2D eigenvalue weighted by Crippen LogP contribution is -2.24. The van der Waals surface area contributed by atoms with Gasteiger partial charge in [0.25, 0.3) is 0 Å². The molecule has 1 atom stereocenters. The predicted molar refractivity (Wildman–Crippen MR) is 112 cm³/mol. The zero-order chi connectivity index (χ0) is 21.3. The zero-order valence-electron chi connectivity index (χ0n) is 17.1. The summed E-state index contributed by atoms with van der Waals surface area (Å²) >= 11 is 0. The Balaban J connectivity index is 1.61. The highest BCUT2D eigenvalue weighted by Gasteiger charge is 2.31. The number of hydrogen-bond acceptors (Lipinski definition) is 3. The van der Waals surface area contributed by atoms with Crippen LogP contribution in [0.15, 0.2) is 42.2 Å². The molecule has 1 aliphatic heterocycles. The van der Waals surface area contributed by atoms with E-state index in [-0.39, 0.29) is 17.5 Å². The van der Waals surface area contributed by atoms with Crippen molar-refractivity contribution in [3.05, 3.63) is 64.9 Å². The first kappa shape index (κ1) is 20.7. The molecule has 158 valence electrons. The molecule has 2 aromatic carbocycles. The molecule has 2 aromatic rings. The largest absolute Gasteiger partial charge is 0.512 e. The molecule has 0 unspecified atom stereocenters. The van der Waals surface area contributed by atoms with Crippen LogP contribution in [0.4, 0.5) is 8.78 Å². The van der Waals surface area contributed by atoms with Gasteiger partial charge in [-0.25, -0.2) is 8.78 Å². The minimum absolute atomic E-state index is 0.0543. The van der Waals surface area contributed by atoms with Crippen molar-refractivity contribution in [2.75, 3.05) is 13.2 Å². The lowest BCUT2D eigenvalue weighted by atomic mass is 9.77. The molecule has 30 heavy (non-hydrogen) atoms. The molecule has 1 saturated heterocycles. The maximum Gasteiger partial charge on any atom is 0.167 e. The first-order chi connectivity index (χ1) is 14.4. The van der Waals surface area contributed by atoms with E-state index in [9.17, 15) is 18.7 Å². The van der Waals surface area contributed by atoms with Gasteiger partial charge in [-0.15, -0.1) is 0 Å². The molecule has 0 amide bonds. The monoisotopic (exact) mass is 412 g/mol. The van der Waals surface area contributed by atoms with Crippen LogP contribution in [0, 0.1) is 30.4 Å². The van der Waals surface area contributed by atoms with Crippen molar-refractivity contribution in [1.82, 2.24) is 0 Å². The van der Waals surface area contributed by atoms with Crippen molar-refractivity contribution < 1.29 is 23.4 Å². The van der Waals surface area contributed by atoms with Crippen LogP contribution in [0.3, 0.4) is 0 Å². The summed E-state index contributed by atoms with van der Waals surface area (Å²) in [6.07, 6.45) is 3.87. The Bertz CT molecular complexity index is 990. The van der Waals surface area contributed by atoms with Gasteiger partial charge in [0.05, 0.1) is 5.57 Å². The molecule has 0 saturated carbocycles. The number of rotatable bonds is 4. The Hall–Kier alpha value is -2.53. The third kappa shape index (κ3) is 4.31. The molecule has 3 nitrogen and oxygen atoms in total. The minimum Gasteiger partial charge on any atom is -0.512 e. The van der Waals surface area contributed by atoms with E-state index in [1.54, 1.807) is 6.07 Å². The van der Waals surface area contributed by atoms with Crippen molar-refractivity contribution in [2.45, 2.75) is 39.0 Å². The first-order valence-electron chi connectivity index (χ1n) is 10.5. The van der Waals surface area contributed by atoms with E-state index in [0.717, 1.165) is 50.2 Å². The summed E-state index contributed by atoms with van der Waals surface area (Å²) in [6.45, 7) is 3.43. The van der Waals surface area contributed by atoms with Gasteiger partial charge in [0.2, 0.25) is 0 Å². The van der Waals surface area contributed by atoms with E-state index < -0.39 is 11.6 Å². The number of halogens is 2. The van der Waals surface area contributed by atoms with Gasteiger partial charge in [0.1, 0.15) is 5.76 Å². The summed E-state index contributed by atoms with van der Waals surface area (Å²) in [5.41, 5.74) is 3.08. The number of aryl methyl sites for hydroxylation is 1. The van der Waals surface area contributed by atoms with Crippen LogP contribution < -0.4 is 0 Å². The molecule has 1 aliphatic carbocycles. The van der Waals surface area contributed by atoms with Gasteiger partial charge in [-0.2, -0.15) is 0 Å². The maximum atomic E-state index is 13.7. The van der Waals surface area contributed by atoms with Crippen molar-refractivity contribution >= 4 is 11.4 Å². The van der Waals surface area contributed by atoms with Crippen LogP contribution in [0.1, 0.15) is 43.2 Å². The van der Waals surface area contributed by atoms with Crippen LogP contribution in [-0.2, 0) is 9.53 Å².